The minimum atomic E-state index is -3.71. The van der Waals surface area contributed by atoms with E-state index < -0.39 is 16.1 Å². The zero-order valence-corrected chi connectivity index (χ0v) is 12.7. The van der Waals surface area contributed by atoms with Gasteiger partial charge in [0.15, 0.2) is 5.03 Å². The van der Waals surface area contributed by atoms with Crippen molar-refractivity contribution >= 4 is 15.9 Å². The lowest BCUT2D eigenvalue weighted by atomic mass is 10.1. The molecule has 0 saturated heterocycles. The minimum Gasteiger partial charge on any atom is -0.409 e. The highest BCUT2D eigenvalue weighted by atomic mass is 32.2. The molecule has 0 saturated carbocycles. The van der Waals surface area contributed by atoms with Crippen LogP contribution in [0.25, 0.3) is 0 Å². The molecule has 0 aliphatic rings. The molecule has 1 atom stereocenters. The van der Waals surface area contributed by atoms with Crippen LogP contribution in [0.2, 0.25) is 0 Å². The third-order valence-corrected chi connectivity index (χ3v) is 4.36. The third-order valence-electron chi connectivity index (χ3n) is 2.97. The maximum atomic E-state index is 12.2. The van der Waals surface area contributed by atoms with Crippen LogP contribution >= 0.6 is 0 Å². The van der Waals surface area contributed by atoms with Gasteiger partial charge in [-0.15, -0.1) is 0 Å². The topological polar surface area (TPSA) is 123 Å². The molecule has 1 aromatic heterocycles. The highest BCUT2D eigenvalue weighted by molar-refractivity contribution is 7.89. The summed E-state index contributed by atoms with van der Waals surface area (Å²) in [6.45, 7) is 6.12. The van der Waals surface area contributed by atoms with Crippen molar-refractivity contribution < 1.29 is 13.6 Å². The summed E-state index contributed by atoms with van der Waals surface area (Å²) >= 11 is 0. The molecule has 8 nitrogen and oxygen atoms in total. The van der Waals surface area contributed by atoms with Crippen LogP contribution < -0.4 is 10.5 Å². The van der Waals surface area contributed by atoms with Gasteiger partial charge in [0, 0.05) is 25.2 Å². The fourth-order valence-electron chi connectivity index (χ4n) is 1.77. The Morgan fingerprint density at radius 2 is 2.25 bits per heavy atom. The van der Waals surface area contributed by atoms with E-state index in [1.807, 2.05) is 13.8 Å². The fraction of sp³-hybridized carbons (Fsp3) is 0.636. The predicted octanol–water partition coefficient (Wildman–Crippen LogP) is 0.405. The lowest BCUT2D eigenvalue weighted by molar-refractivity contribution is 0.316. The normalized spacial score (nSPS) is 14.4. The first-order valence-corrected chi connectivity index (χ1v) is 7.84. The number of hydrogen-bond donors (Lipinski definition) is 3. The summed E-state index contributed by atoms with van der Waals surface area (Å²) in [4.78, 5) is 4.04. The van der Waals surface area contributed by atoms with E-state index in [9.17, 15) is 8.42 Å². The molecule has 1 unspecified atom stereocenters. The molecule has 0 aliphatic heterocycles. The minimum absolute atomic E-state index is 0.0187. The van der Waals surface area contributed by atoms with Crippen molar-refractivity contribution in [3.63, 3.8) is 0 Å². The van der Waals surface area contributed by atoms with E-state index in [0.717, 1.165) is 0 Å². The van der Waals surface area contributed by atoms with Crippen molar-refractivity contribution in [2.45, 2.75) is 51.2 Å². The third kappa shape index (κ3) is 3.94. The van der Waals surface area contributed by atoms with Crippen molar-refractivity contribution in [3.05, 3.63) is 12.0 Å². The van der Waals surface area contributed by atoms with Crippen LogP contribution in [0.4, 0.5) is 0 Å². The fourth-order valence-corrected chi connectivity index (χ4v) is 3.10. The van der Waals surface area contributed by atoms with Crippen molar-refractivity contribution in [2.24, 2.45) is 10.9 Å². The van der Waals surface area contributed by atoms with Gasteiger partial charge in [0.05, 0.1) is 0 Å². The second-order valence-corrected chi connectivity index (χ2v) is 6.10. The van der Waals surface area contributed by atoms with Crippen LogP contribution in [-0.4, -0.2) is 35.1 Å². The molecular weight excluding hydrogens is 282 g/mol. The first-order chi connectivity index (χ1) is 9.33. The Bertz CT molecular complexity index is 579. The second-order valence-electron chi connectivity index (χ2n) is 4.43. The molecule has 1 rings (SSSR count). The van der Waals surface area contributed by atoms with E-state index in [4.69, 9.17) is 10.9 Å². The quantitative estimate of drug-likeness (QED) is 0.291. The number of aryl methyl sites for hydroxylation is 2. The summed E-state index contributed by atoms with van der Waals surface area (Å²) in [5.74, 6) is 0.618. The number of imidazole rings is 1. The molecule has 114 valence electrons. The van der Waals surface area contributed by atoms with E-state index >= 15 is 0 Å². The molecule has 0 bridgehead atoms. The Morgan fingerprint density at radius 1 is 1.60 bits per heavy atom. The summed E-state index contributed by atoms with van der Waals surface area (Å²) in [5.41, 5.74) is 5.40. The van der Waals surface area contributed by atoms with Gasteiger partial charge >= 0.3 is 0 Å². The van der Waals surface area contributed by atoms with E-state index in [1.165, 1.54) is 6.20 Å². The van der Waals surface area contributed by atoms with Crippen LogP contribution in [-0.2, 0) is 16.6 Å². The molecule has 0 fully saturated rings. The van der Waals surface area contributed by atoms with Gasteiger partial charge in [-0.25, -0.2) is 18.1 Å². The zero-order chi connectivity index (χ0) is 15.3. The summed E-state index contributed by atoms with van der Waals surface area (Å²) in [5, 5.41) is 11.4. The maximum absolute atomic E-state index is 12.2. The molecule has 0 aromatic carbocycles. The van der Waals surface area contributed by atoms with Gasteiger partial charge in [-0.3, -0.25) is 0 Å². The van der Waals surface area contributed by atoms with Gasteiger partial charge in [-0.05, 0) is 20.3 Å². The predicted molar refractivity (Wildman–Crippen MR) is 75.1 cm³/mol. The number of nitrogens with zero attached hydrogens (tertiary/aromatic N) is 3. The van der Waals surface area contributed by atoms with E-state index in [2.05, 4.69) is 14.9 Å². The van der Waals surface area contributed by atoms with Gasteiger partial charge in [0.25, 0.3) is 10.0 Å². The summed E-state index contributed by atoms with van der Waals surface area (Å²) in [7, 11) is -3.71. The number of aromatic nitrogens is 2. The molecule has 1 heterocycles. The second kappa shape index (κ2) is 6.71. The molecule has 4 N–H and O–H groups in total. The number of hydrogen-bond acceptors (Lipinski definition) is 5. The van der Waals surface area contributed by atoms with Crippen molar-refractivity contribution in [1.29, 1.82) is 0 Å². The largest absolute Gasteiger partial charge is 0.409 e. The average molecular weight is 303 g/mol. The zero-order valence-electron chi connectivity index (χ0n) is 11.9. The first-order valence-electron chi connectivity index (χ1n) is 6.36. The Labute approximate surface area is 118 Å². The monoisotopic (exact) mass is 303 g/mol. The Hall–Kier alpha value is -1.61. The van der Waals surface area contributed by atoms with Crippen LogP contribution in [0.1, 0.15) is 32.5 Å². The summed E-state index contributed by atoms with van der Waals surface area (Å²) in [6.07, 6.45) is 2.15. The Balaban J connectivity index is 2.92. The van der Waals surface area contributed by atoms with Crippen LogP contribution in [0.5, 0.6) is 0 Å². The molecule has 0 aliphatic carbocycles. The number of oxime groups is 1. The average Bonchev–Trinajstić information content (AvgIpc) is 2.79. The molecule has 1 aromatic rings. The molecular formula is C11H21N5O3S. The van der Waals surface area contributed by atoms with Gasteiger partial charge in [0.1, 0.15) is 11.7 Å². The SMILES string of the molecule is CCC(CC(N)=NO)NS(=O)(=O)c1cn(CC)c(C)n1. The van der Waals surface area contributed by atoms with Gasteiger partial charge < -0.3 is 15.5 Å². The number of rotatable bonds is 7. The first kappa shape index (κ1) is 16.4. The maximum Gasteiger partial charge on any atom is 0.259 e. The molecule has 0 spiro atoms. The lowest BCUT2D eigenvalue weighted by Gasteiger charge is -2.15. The highest BCUT2D eigenvalue weighted by Gasteiger charge is 2.23. The van der Waals surface area contributed by atoms with Crippen molar-refractivity contribution in [1.82, 2.24) is 14.3 Å². The number of sulfonamides is 1. The highest BCUT2D eigenvalue weighted by Crippen LogP contribution is 2.11. The molecule has 0 radical (unpaired) electrons. The molecule has 0 amide bonds. The molecule has 20 heavy (non-hydrogen) atoms. The van der Waals surface area contributed by atoms with Crippen LogP contribution in [0, 0.1) is 6.92 Å². The molecule has 9 heteroatoms. The van der Waals surface area contributed by atoms with Crippen molar-refractivity contribution in [2.75, 3.05) is 0 Å². The van der Waals surface area contributed by atoms with E-state index in [1.54, 1.807) is 11.5 Å². The Kier molecular flexibility index (Phi) is 5.52. The van der Waals surface area contributed by atoms with E-state index in [0.29, 0.717) is 18.8 Å². The number of nitrogens with two attached hydrogens (primary N) is 1. The van der Waals surface area contributed by atoms with Gasteiger partial charge in [-0.1, -0.05) is 12.1 Å². The number of amidine groups is 1. The Morgan fingerprint density at radius 3 is 2.70 bits per heavy atom. The van der Waals surface area contributed by atoms with Gasteiger partial charge in [-0.2, -0.15) is 0 Å². The summed E-state index contributed by atoms with van der Waals surface area (Å²) < 4.78 is 28.7. The van der Waals surface area contributed by atoms with Gasteiger partial charge in [0.2, 0.25) is 0 Å². The smallest absolute Gasteiger partial charge is 0.259 e. The standard InChI is InChI=1S/C11H21N5O3S/c1-4-9(6-10(12)14-17)15-20(18,19)11-7-16(5-2)8(3)13-11/h7,9,15,17H,4-6H2,1-3H3,(H2,12,14). The van der Waals surface area contributed by atoms with E-state index in [-0.39, 0.29) is 17.3 Å². The van der Waals surface area contributed by atoms with Crippen LogP contribution in [0.15, 0.2) is 16.4 Å². The lowest BCUT2D eigenvalue weighted by Crippen LogP contribution is -2.37. The van der Waals surface area contributed by atoms with Crippen molar-refractivity contribution in [3.8, 4) is 0 Å². The number of nitrogens with one attached hydrogen (secondary N) is 1. The van der Waals surface area contributed by atoms with Crippen LogP contribution in [0.3, 0.4) is 0 Å². The summed E-state index contributed by atoms with van der Waals surface area (Å²) in [6, 6.07) is -0.442.